The average Bonchev–Trinajstić information content (AvgIpc) is 2.48. The molecule has 2 aliphatic rings. The minimum atomic E-state index is -3.25. The predicted octanol–water partition coefficient (Wildman–Crippen LogP) is 1.85. The summed E-state index contributed by atoms with van der Waals surface area (Å²) in [5, 5.41) is 3.19. The fourth-order valence-corrected chi connectivity index (χ4v) is 5.07. The summed E-state index contributed by atoms with van der Waals surface area (Å²) in [6.45, 7) is 2.34. The highest BCUT2D eigenvalue weighted by Gasteiger charge is 2.34. The Balaban J connectivity index is 0.00000220. The molecule has 1 N–H and O–H groups in total. The molecule has 21 heavy (non-hydrogen) atoms. The van der Waals surface area contributed by atoms with Gasteiger partial charge in [0.15, 0.2) is 0 Å². The first kappa shape index (κ1) is 19.2. The van der Waals surface area contributed by atoms with E-state index in [4.69, 9.17) is 0 Å². The molecule has 0 amide bonds. The maximum absolute atomic E-state index is 12.7. The second kappa shape index (κ2) is 8.67. The van der Waals surface area contributed by atoms with Crippen molar-refractivity contribution in [2.75, 3.05) is 33.7 Å². The second-order valence-electron chi connectivity index (χ2n) is 6.22. The van der Waals surface area contributed by atoms with Gasteiger partial charge in [0.25, 0.3) is 10.2 Å². The molecule has 1 aliphatic carbocycles. The lowest BCUT2D eigenvalue weighted by Crippen LogP contribution is -2.50. The fourth-order valence-electron chi connectivity index (χ4n) is 3.45. The molecule has 7 heteroatoms. The number of rotatable bonds is 5. The van der Waals surface area contributed by atoms with Crippen LogP contribution < -0.4 is 5.32 Å². The zero-order chi connectivity index (χ0) is 14.6. The van der Waals surface area contributed by atoms with Gasteiger partial charge in [-0.25, -0.2) is 0 Å². The number of hydrogen-bond acceptors (Lipinski definition) is 3. The van der Waals surface area contributed by atoms with Crippen LogP contribution in [-0.2, 0) is 10.2 Å². The molecular weight excluding hydrogens is 310 g/mol. The van der Waals surface area contributed by atoms with E-state index in [1.807, 2.05) is 7.05 Å². The highest BCUT2D eigenvalue weighted by molar-refractivity contribution is 7.86. The van der Waals surface area contributed by atoms with E-state index >= 15 is 0 Å². The zero-order valence-electron chi connectivity index (χ0n) is 13.3. The topological polar surface area (TPSA) is 52.7 Å². The van der Waals surface area contributed by atoms with Gasteiger partial charge in [-0.2, -0.15) is 17.0 Å². The minimum absolute atomic E-state index is 0. The van der Waals surface area contributed by atoms with Crippen molar-refractivity contribution in [3.05, 3.63) is 0 Å². The van der Waals surface area contributed by atoms with Gasteiger partial charge < -0.3 is 5.32 Å². The van der Waals surface area contributed by atoms with Gasteiger partial charge >= 0.3 is 0 Å². The molecular formula is C14H30ClN3O2S. The summed E-state index contributed by atoms with van der Waals surface area (Å²) in [7, 11) is 0.473. The first-order valence-electron chi connectivity index (χ1n) is 7.93. The summed E-state index contributed by atoms with van der Waals surface area (Å²) in [6.07, 6.45) is 7.55. The summed E-state index contributed by atoms with van der Waals surface area (Å²) < 4.78 is 28.7. The minimum Gasteiger partial charge on any atom is -0.319 e. The van der Waals surface area contributed by atoms with Crippen molar-refractivity contribution in [2.24, 2.45) is 5.92 Å². The Morgan fingerprint density at radius 3 is 2.19 bits per heavy atom. The van der Waals surface area contributed by atoms with E-state index < -0.39 is 10.2 Å². The van der Waals surface area contributed by atoms with E-state index in [1.165, 1.54) is 6.42 Å². The number of nitrogens with zero attached hydrogens (tertiary/aromatic N) is 2. The van der Waals surface area contributed by atoms with E-state index in [9.17, 15) is 8.42 Å². The Labute approximate surface area is 136 Å². The van der Waals surface area contributed by atoms with Crippen LogP contribution in [0.1, 0.15) is 44.9 Å². The summed E-state index contributed by atoms with van der Waals surface area (Å²) >= 11 is 0. The Bertz CT molecular complexity index is 391. The molecule has 126 valence electrons. The summed E-state index contributed by atoms with van der Waals surface area (Å²) in [6, 6.07) is 0.212. The fraction of sp³-hybridized carbons (Fsp3) is 1.00. The average molecular weight is 340 g/mol. The third-order valence-corrected chi connectivity index (χ3v) is 6.89. The summed E-state index contributed by atoms with van der Waals surface area (Å²) in [4.78, 5) is 0. The number of piperidine rings is 1. The molecule has 0 aromatic carbocycles. The largest absolute Gasteiger partial charge is 0.319 e. The molecule has 0 atom stereocenters. The van der Waals surface area contributed by atoms with Crippen molar-refractivity contribution in [3.63, 3.8) is 0 Å². The number of halogens is 1. The molecule has 0 aromatic heterocycles. The third-order valence-electron chi connectivity index (χ3n) is 4.85. The Kier molecular flexibility index (Phi) is 7.92. The van der Waals surface area contributed by atoms with Crippen LogP contribution in [-0.4, -0.2) is 56.8 Å². The Morgan fingerprint density at radius 2 is 1.67 bits per heavy atom. The van der Waals surface area contributed by atoms with Gasteiger partial charge in [-0.15, -0.1) is 12.4 Å². The van der Waals surface area contributed by atoms with Crippen LogP contribution >= 0.6 is 12.4 Å². The van der Waals surface area contributed by atoms with Gasteiger partial charge in [-0.3, -0.25) is 0 Å². The molecule has 0 spiro atoms. The Morgan fingerprint density at radius 1 is 1.10 bits per heavy atom. The lowest BCUT2D eigenvalue weighted by molar-refractivity contribution is 0.230. The summed E-state index contributed by atoms with van der Waals surface area (Å²) in [5.74, 6) is 0.617. The van der Waals surface area contributed by atoms with Crippen molar-refractivity contribution in [3.8, 4) is 0 Å². The van der Waals surface area contributed by atoms with Crippen molar-refractivity contribution >= 4 is 22.6 Å². The maximum atomic E-state index is 12.7. The molecule has 2 fully saturated rings. The van der Waals surface area contributed by atoms with Gasteiger partial charge in [-0.1, -0.05) is 19.3 Å². The smallest absolute Gasteiger partial charge is 0.281 e. The molecule has 0 bridgehead atoms. The standard InChI is InChI=1S/C14H29N3O2S.ClH/c1-15-12-13-8-10-17(11-9-13)20(18,19)16(2)14-6-4-3-5-7-14;/h13-15H,3-12H2,1-2H3;1H. The molecule has 0 unspecified atom stereocenters. The molecule has 0 aromatic rings. The Hall–Kier alpha value is 0.120. The van der Waals surface area contributed by atoms with Crippen LogP contribution in [0.2, 0.25) is 0 Å². The van der Waals surface area contributed by atoms with Crippen LogP contribution in [0.4, 0.5) is 0 Å². The van der Waals surface area contributed by atoms with E-state index in [0.29, 0.717) is 19.0 Å². The van der Waals surface area contributed by atoms with Crippen LogP contribution in [0.5, 0.6) is 0 Å². The van der Waals surface area contributed by atoms with Crippen molar-refractivity contribution < 1.29 is 8.42 Å². The maximum Gasteiger partial charge on any atom is 0.281 e. The van der Waals surface area contributed by atoms with Crippen LogP contribution in [0.3, 0.4) is 0 Å². The predicted molar refractivity (Wildman–Crippen MR) is 89.0 cm³/mol. The number of nitrogens with one attached hydrogen (secondary N) is 1. The third kappa shape index (κ3) is 4.79. The SMILES string of the molecule is CNCC1CCN(S(=O)(=O)N(C)C2CCCCC2)CC1.Cl. The van der Waals surface area contributed by atoms with Crippen molar-refractivity contribution in [2.45, 2.75) is 51.0 Å². The number of hydrogen-bond donors (Lipinski definition) is 1. The van der Waals surface area contributed by atoms with Gasteiger partial charge in [0, 0.05) is 26.2 Å². The van der Waals surface area contributed by atoms with Gasteiger partial charge in [0.2, 0.25) is 0 Å². The van der Waals surface area contributed by atoms with E-state index in [2.05, 4.69) is 5.32 Å². The van der Waals surface area contributed by atoms with Crippen LogP contribution in [0.25, 0.3) is 0 Å². The van der Waals surface area contributed by atoms with Gasteiger partial charge in [-0.05, 0) is 45.2 Å². The second-order valence-corrected chi connectivity index (χ2v) is 8.20. The van der Waals surface area contributed by atoms with E-state index in [-0.39, 0.29) is 18.4 Å². The molecule has 2 rings (SSSR count). The molecule has 1 saturated carbocycles. The quantitative estimate of drug-likeness (QED) is 0.831. The highest BCUT2D eigenvalue weighted by Crippen LogP contribution is 2.26. The first-order valence-corrected chi connectivity index (χ1v) is 9.33. The van der Waals surface area contributed by atoms with Crippen molar-refractivity contribution in [1.29, 1.82) is 0 Å². The lowest BCUT2D eigenvalue weighted by Gasteiger charge is -2.37. The first-order chi connectivity index (χ1) is 9.55. The molecule has 1 heterocycles. The van der Waals surface area contributed by atoms with Crippen LogP contribution in [0.15, 0.2) is 0 Å². The van der Waals surface area contributed by atoms with Gasteiger partial charge in [0.05, 0.1) is 0 Å². The van der Waals surface area contributed by atoms with Crippen molar-refractivity contribution in [1.82, 2.24) is 13.9 Å². The lowest BCUT2D eigenvalue weighted by atomic mass is 9.96. The molecule has 0 radical (unpaired) electrons. The molecule has 5 nitrogen and oxygen atoms in total. The van der Waals surface area contributed by atoms with Crippen LogP contribution in [0, 0.1) is 5.92 Å². The molecule has 1 saturated heterocycles. The normalized spacial score (nSPS) is 23.2. The van der Waals surface area contributed by atoms with E-state index in [1.54, 1.807) is 15.7 Å². The van der Waals surface area contributed by atoms with E-state index in [0.717, 1.165) is 45.1 Å². The summed E-state index contributed by atoms with van der Waals surface area (Å²) in [5.41, 5.74) is 0. The zero-order valence-corrected chi connectivity index (χ0v) is 14.9. The monoisotopic (exact) mass is 339 g/mol. The molecule has 1 aliphatic heterocycles. The van der Waals surface area contributed by atoms with Gasteiger partial charge in [0.1, 0.15) is 0 Å². The highest BCUT2D eigenvalue weighted by atomic mass is 35.5.